The second-order valence-corrected chi connectivity index (χ2v) is 6.25. The van der Waals surface area contributed by atoms with E-state index in [2.05, 4.69) is 25.7 Å². The van der Waals surface area contributed by atoms with E-state index in [4.69, 9.17) is 0 Å². The van der Waals surface area contributed by atoms with Gasteiger partial charge in [0, 0.05) is 18.0 Å². The molecule has 0 fully saturated rings. The second kappa shape index (κ2) is 7.00. The lowest BCUT2D eigenvalue weighted by atomic mass is 10.1. The molecule has 4 rings (SSSR count). The zero-order valence-electron chi connectivity index (χ0n) is 14.6. The molecule has 2 N–H and O–H groups in total. The average molecular weight is 402 g/mol. The van der Waals surface area contributed by atoms with Gasteiger partial charge in [0.25, 0.3) is 0 Å². The van der Waals surface area contributed by atoms with Gasteiger partial charge in [-0.15, -0.1) is 5.10 Å². The van der Waals surface area contributed by atoms with Crippen LogP contribution in [-0.4, -0.2) is 31.6 Å². The Kier molecular flexibility index (Phi) is 4.49. The van der Waals surface area contributed by atoms with Crippen molar-refractivity contribution in [2.24, 2.45) is 0 Å². The lowest BCUT2D eigenvalue weighted by molar-refractivity contribution is -0.137. The quantitative estimate of drug-likeness (QED) is 0.702. The Morgan fingerprint density at radius 2 is 2.00 bits per heavy atom. The smallest absolute Gasteiger partial charge is 0.324 e. The number of aromatic nitrogens is 4. The standard InChI is InChI=1S/C18H13F3N6O2/c19-18(20,21)11-5-1-2-6-12(11)23-16(29)13-8-14(28)24-17-25-15(26-27(13)17)10-4-3-7-22-9-10/h1-7,9,13H,8H2,(H,23,29)(H,24,25,26,28). The van der Waals surface area contributed by atoms with Gasteiger partial charge >= 0.3 is 6.18 Å². The van der Waals surface area contributed by atoms with Crippen molar-refractivity contribution in [3.05, 3.63) is 54.4 Å². The van der Waals surface area contributed by atoms with Crippen LogP contribution in [0.5, 0.6) is 0 Å². The number of para-hydroxylation sites is 1. The predicted molar refractivity (Wildman–Crippen MR) is 95.6 cm³/mol. The van der Waals surface area contributed by atoms with Gasteiger partial charge in [0.15, 0.2) is 5.82 Å². The van der Waals surface area contributed by atoms with Crippen LogP contribution < -0.4 is 10.6 Å². The highest BCUT2D eigenvalue weighted by Gasteiger charge is 2.36. The van der Waals surface area contributed by atoms with Crippen LogP contribution in [-0.2, 0) is 15.8 Å². The molecule has 1 aliphatic heterocycles. The van der Waals surface area contributed by atoms with Gasteiger partial charge in [-0.3, -0.25) is 19.9 Å². The highest BCUT2D eigenvalue weighted by atomic mass is 19.4. The Morgan fingerprint density at radius 1 is 1.21 bits per heavy atom. The molecule has 11 heteroatoms. The number of fused-ring (bicyclic) bond motifs is 1. The summed E-state index contributed by atoms with van der Waals surface area (Å²) in [5.74, 6) is -1.04. The molecule has 1 aliphatic rings. The Balaban J connectivity index is 1.66. The number of pyridine rings is 1. The van der Waals surface area contributed by atoms with Crippen LogP contribution in [0, 0.1) is 0 Å². The molecule has 0 saturated carbocycles. The fourth-order valence-electron chi connectivity index (χ4n) is 2.94. The van der Waals surface area contributed by atoms with Gasteiger partial charge in [0.05, 0.1) is 17.7 Å². The number of benzene rings is 1. The number of hydrogen-bond acceptors (Lipinski definition) is 5. The minimum atomic E-state index is -4.64. The molecule has 2 amide bonds. The number of halogens is 3. The highest BCUT2D eigenvalue weighted by Crippen LogP contribution is 2.35. The molecular formula is C18H13F3N6O2. The molecule has 3 heterocycles. The summed E-state index contributed by atoms with van der Waals surface area (Å²) in [6.45, 7) is 0. The minimum absolute atomic E-state index is 0.0318. The fourth-order valence-corrected chi connectivity index (χ4v) is 2.94. The van der Waals surface area contributed by atoms with E-state index >= 15 is 0 Å². The van der Waals surface area contributed by atoms with E-state index in [9.17, 15) is 22.8 Å². The maximum Gasteiger partial charge on any atom is 0.418 e. The van der Waals surface area contributed by atoms with Crippen LogP contribution in [0.3, 0.4) is 0 Å². The Bertz CT molecular complexity index is 1080. The van der Waals surface area contributed by atoms with Gasteiger partial charge in [-0.2, -0.15) is 18.2 Å². The number of carbonyl (C=O) groups excluding carboxylic acids is 2. The summed E-state index contributed by atoms with van der Waals surface area (Å²) in [7, 11) is 0. The summed E-state index contributed by atoms with van der Waals surface area (Å²) < 4.78 is 40.7. The van der Waals surface area contributed by atoms with Gasteiger partial charge in [-0.25, -0.2) is 4.68 Å². The Labute approximate surface area is 161 Å². The van der Waals surface area contributed by atoms with Gasteiger partial charge < -0.3 is 5.32 Å². The van der Waals surface area contributed by atoms with Crippen molar-refractivity contribution in [1.82, 2.24) is 19.7 Å². The molecule has 0 radical (unpaired) electrons. The van der Waals surface area contributed by atoms with Crippen molar-refractivity contribution in [1.29, 1.82) is 0 Å². The maximum atomic E-state index is 13.2. The van der Waals surface area contributed by atoms with Gasteiger partial charge in [-0.1, -0.05) is 12.1 Å². The summed E-state index contributed by atoms with van der Waals surface area (Å²) in [5.41, 5.74) is -0.821. The molecule has 0 spiro atoms. The van der Waals surface area contributed by atoms with Crippen molar-refractivity contribution >= 4 is 23.5 Å². The van der Waals surface area contributed by atoms with Crippen LogP contribution in [0.4, 0.5) is 24.8 Å². The Morgan fingerprint density at radius 3 is 2.72 bits per heavy atom. The number of rotatable bonds is 3. The normalized spacial score (nSPS) is 16.1. The molecule has 0 aliphatic carbocycles. The third kappa shape index (κ3) is 3.66. The summed E-state index contributed by atoms with van der Waals surface area (Å²) in [5, 5.41) is 9.00. The van der Waals surface area contributed by atoms with Crippen molar-refractivity contribution in [3.63, 3.8) is 0 Å². The van der Waals surface area contributed by atoms with Crippen molar-refractivity contribution in [2.45, 2.75) is 18.6 Å². The first-order chi connectivity index (χ1) is 13.8. The topological polar surface area (TPSA) is 102 Å². The van der Waals surface area contributed by atoms with E-state index in [1.807, 2.05) is 0 Å². The van der Waals surface area contributed by atoms with E-state index in [-0.39, 0.29) is 18.2 Å². The first-order valence-electron chi connectivity index (χ1n) is 8.47. The van der Waals surface area contributed by atoms with E-state index < -0.39 is 35.3 Å². The Hall–Kier alpha value is -3.76. The molecule has 0 bridgehead atoms. The van der Waals surface area contributed by atoms with E-state index in [0.717, 1.165) is 12.1 Å². The highest BCUT2D eigenvalue weighted by molar-refractivity contribution is 6.01. The molecule has 29 heavy (non-hydrogen) atoms. The number of hydrogen-bond donors (Lipinski definition) is 2. The summed E-state index contributed by atoms with van der Waals surface area (Å²) in [6, 6.07) is 6.83. The number of alkyl halides is 3. The lowest BCUT2D eigenvalue weighted by Crippen LogP contribution is -2.36. The molecule has 2 aromatic heterocycles. The van der Waals surface area contributed by atoms with E-state index in [1.165, 1.54) is 23.0 Å². The molecule has 0 saturated heterocycles. The molecule has 1 unspecified atom stereocenters. The summed E-state index contributed by atoms with van der Waals surface area (Å²) in [4.78, 5) is 32.9. The van der Waals surface area contributed by atoms with Crippen LogP contribution >= 0.6 is 0 Å². The third-order valence-electron chi connectivity index (χ3n) is 4.27. The van der Waals surface area contributed by atoms with Crippen LogP contribution in [0.1, 0.15) is 18.0 Å². The SMILES string of the molecule is O=C1CC(C(=O)Nc2ccccc2C(F)(F)F)n2nc(-c3cccnc3)nc2N1. The molecule has 1 aromatic carbocycles. The van der Waals surface area contributed by atoms with Gasteiger partial charge in [0.1, 0.15) is 6.04 Å². The molecule has 1 atom stereocenters. The van der Waals surface area contributed by atoms with Crippen LogP contribution in [0.2, 0.25) is 0 Å². The minimum Gasteiger partial charge on any atom is -0.324 e. The van der Waals surface area contributed by atoms with Gasteiger partial charge in [-0.05, 0) is 24.3 Å². The summed E-state index contributed by atoms with van der Waals surface area (Å²) in [6.07, 6.45) is -1.85. The molecular weight excluding hydrogens is 389 g/mol. The van der Waals surface area contributed by atoms with E-state index in [0.29, 0.717) is 5.56 Å². The monoisotopic (exact) mass is 402 g/mol. The van der Waals surface area contributed by atoms with Crippen molar-refractivity contribution in [2.75, 3.05) is 10.6 Å². The largest absolute Gasteiger partial charge is 0.418 e. The van der Waals surface area contributed by atoms with Gasteiger partial charge in [0.2, 0.25) is 17.8 Å². The predicted octanol–water partition coefficient (Wildman–Crippen LogP) is 2.88. The second-order valence-electron chi connectivity index (χ2n) is 6.25. The first kappa shape index (κ1) is 18.6. The number of carbonyl (C=O) groups is 2. The summed E-state index contributed by atoms with van der Waals surface area (Å²) >= 11 is 0. The number of nitrogens with one attached hydrogen (secondary N) is 2. The fraction of sp³-hybridized carbons (Fsp3) is 0.167. The van der Waals surface area contributed by atoms with Crippen molar-refractivity contribution in [3.8, 4) is 11.4 Å². The maximum absolute atomic E-state index is 13.2. The van der Waals surface area contributed by atoms with Crippen molar-refractivity contribution < 1.29 is 22.8 Å². The number of amides is 2. The lowest BCUT2D eigenvalue weighted by Gasteiger charge is -2.23. The first-order valence-corrected chi connectivity index (χ1v) is 8.47. The van der Waals surface area contributed by atoms with E-state index in [1.54, 1.807) is 18.3 Å². The molecule has 8 nitrogen and oxygen atoms in total. The third-order valence-corrected chi connectivity index (χ3v) is 4.27. The zero-order valence-corrected chi connectivity index (χ0v) is 14.6. The zero-order chi connectivity index (χ0) is 20.6. The number of anilines is 2. The van der Waals surface area contributed by atoms with Crippen LogP contribution in [0.15, 0.2) is 48.8 Å². The van der Waals surface area contributed by atoms with Crippen LogP contribution in [0.25, 0.3) is 11.4 Å². The molecule has 3 aromatic rings. The number of nitrogens with zero attached hydrogens (tertiary/aromatic N) is 4. The molecule has 148 valence electrons. The average Bonchev–Trinajstić information content (AvgIpc) is 3.11.